The fourth-order valence-electron chi connectivity index (χ4n) is 3.04. The summed E-state index contributed by atoms with van der Waals surface area (Å²) in [5.41, 5.74) is 3.31. The minimum atomic E-state index is -0.195. The monoisotopic (exact) mass is 512 g/mol. The van der Waals surface area contributed by atoms with E-state index < -0.39 is 0 Å². The van der Waals surface area contributed by atoms with Gasteiger partial charge in [0.1, 0.15) is 0 Å². The molecule has 2 amide bonds. The number of carbonyl (C=O) groups is 2. The highest BCUT2D eigenvalue weighted by Gasteiger charge is 2.14. The molecule has 2 aromatic carbocycles. The van der Waals surface area contributed by atoms with Crippen LogP contribution in [0, 0.1) is 6.92 Å². The standard InChI is InChI=1S/C23H21ClN6O2S2/c1-14-4-3-5-16(10-14)21(32)25-11-19-28-29-23(30(19)2)34-13-20(31)27-22-26-18(12-33-22)15-6-8-17(24)9-7-15/h3-10,12H,11,13H2,1-2H3,(H,25,32)(H,26,27,31). The molecule has 0 saturated heterocycles. The van der Waals surface area contributed by atoms with Gasteiger partial charge in [-0.15, -0.1) is 21.5 Å². The largest absolute Gasteiger partial charge is 0.345 e. The molecule has 2 aromatic heterocycles. The zero-order valence-electron chi connectivity index (χ0n) is 18.4. The molecule has 174 valence electrons. The molecule has 0 aliphatic rings. The van der Waals surface area contributed by atoms with Crippen LogP contribution in [0.1, 0.15) is 21.7 Å². The average molecular weight is 513 g/mol. The number of aryl methyl sites for hydroxylation is 1. The number of hydrogen-bond donors (Lipinski definition) is 2. The number of anilines is 1. The first kappa shape index (κ1) is 23.9. The molecule has 34 heavy (non-hydrogen) atoms. The van der Waals surface area contributed by atoms with Crippen molar-refractivity contribution in [2.24, 2.45) is 7.05 Å². The number of hydrogen-bond acceptors (Lipinski definition) is 7. The van der Waals surface area contributed by atoms with Crippen LogP contribution < -0.4 is 10.6 Å². The molecule has 4 rings (SSSR count). The van der Waals surface area contributed by atoms with E-state index in [9.17, 15) is 9.59 Å². The number of benzene rings is 2. The minimum absolute atomic E-state index is 0.150. The predicted molar refractivity (Wildman–Crippen MR) is 135 cm³/mol. The Morgan fingerprint density at radius 2 is 1.94 bits per heavy atom. The van der Waals surface area contributed by atoms with Crippen LogP contribution in [-0.4, -0.2) is 37.3 Å². The van der Waals surface area contributed by atoms with Crippen LogP contribution in [0.4, 0.5) is 5.13 Å². The summed E-state index contributed by atoms with van der Waals surface area (Å²) in [7, 11) is 1.80. The Bertz CT molecular complexity index is 1320. The van der Waals surface area contributed by atoms with Gasteiger partial charge in [-0.3, -0.25) is 9.59 Å². The lowest BCUT2D eigenvalue weighted by Gasteiger charge is -2.06. The predicted octanol–water partition coefficient (Wildman–Crippen LogP) is 4.56. The van der Waals surface area contributed by atoms with Gasteiger partial charge in [0.15, 0.2) is 16.1 Å². The van der Waals surface area contributed by atoms with Crippen molar-refractivity contribution in [1.29, 1.82) is 0 Å². The van der Waals surface area contributed by atoms with Crippen LogP contribution >= 0.6 is 34.7 Å². The summed E-state index contributed by atoms with van der Waals surface area (Å²) in [5.74, 6) is 0.370. The van der Waals surface area contributed by atoms with Crippen molar-refractivity contribution in [2.45, 2.75) is 18.6 Å². The van der Waals surface area contributed by atoms with Crippen LogP contribution in [0.2, 0.25) is 5.02 Å². The number of nitrogens with zero attached hydrogens (tertiary/aromatic N) is 4. The first-order valence-electron chi connectivity index (χ1n) is 10.3. The number of aromatic nitrogens is 4. The summed E-state index contributed by atoms with van der Waals surface area (Å²) in [6, 6.07) is 14.7. The summed E-state index contributed by atoms with van der Waals surface area (Å²) in [4.78, 5) is 29.2. The molecule has 2 N–H and O–H groups in total. The van der Waals surface area contributed by atoms with Crippen LogP contribution in [0.25, 0.3) is 11.3 Å². The molecule has 0 radical (unpaired) electrons. The average Bonchev–Trinajstić information content (AvgIpc) is 3.43. The molecule has 0 unspecified atom stereocenters. The Kier molecular flexibility index (Phi) is 7.61. The van der Waals surface area contributed by atoms with Crippen LogP contribution in [0.5, 0.6) is 0 Å². The third-order valence-electron chi connectivity index (χ3n) is 4.84. The van der Waals surface area contributed by atoms with Gasteiger partial charge < -0.3 is 15.2 Å². The fraction of sp³-hybridized carbons (Fsp3) is 0.174. The maximum atomic E-state index is 12.4. The minimum Gasteiger partial charge on any atom is -0.345 e. The topological polar surface area (TPSA) is 102 Å². The van der Waals surface area contributed by atoms with E-state index in [0.29, 0.717) is 26.7 Å². The molecule has 0 bridgehead atoms. The summed E-state index contributed by atoms with van der Waals surface area (Å²) < 4.78 is 1.76. The second kappa shape index (κ2) is 10.8. The molecular weight excluding hydrogens is 492 g/mol. The smallest absolute Gasteiger partial charge is 0.251 e. The van der Waals surface area contributed by atoms with Crippen LogP contribution in [-0.2, 0) is 18.4 Å². The highest BCUT2D eigenvalue weighted by molar-refractivity contribution is 7.99. The van der Waals surface area contributed by atoms with Gasteiger partial charge in [0.2, 0.25) is 5.91 Å². The number of carbonyl (C=O) groups excluding carboxylic acids is 2. The summed E-state index contributed by atoms with van der Waals surface area (Å²) >= 11 is 8.54. The van der Waals surface area contributed by atoms with Crippen LogP contribution in [0.15, 0.2) is 59.1 Å². The summed E-state index contributed by atoms with van der Waals surface area (Å²) in [5, 5.41) is 17.6. The van der Waals surface area contributed by atoms with Crippen molar-refractivity contribution in [3.8, 4) is 11.3 Å². The maximum Gasteiger partial charge on any atom is 0.251 e. The molecule has 11 heteroatoms. The van der Waals surface area contributed by atoms with E-state index in [0.717, 1.165) is 16.8 Å². The molecule has 2 heterocycles. The maximum absolute atomic E-state index is 12.4. The van der Waals surface area contributed by atoms with E-state index in [-0.39, 0.29) is 24.1 Å². The van der Waals surface area contributed by atoms with Crippen molar-refractivity contribution in [3.05, 3.63) is 75.9 Å². The molecule has 0 saturated carbocycles. The number of rotatable bonds is 8. The second-order valence-corrected chi connectivity index (χ2v) is 9.63. The molecule has 0 aliphatic carbocycles. The van der Waals surface area contributed by atoms with Crippen molar-refractivity contribution >= 4 is 51.6 Å². The van der Waals surface area contributed by atoms with E-state index in [1.807, 2.05) is 42.6 Å². The lowest BCUT2D eigenvalue weighted by molar-refractivity contribution is -0.113. The van der Waals surface area contributed by atoms with Gasteiger partial charge in [0.05, 0.1) is 18.0 Å². The Hall–Kier alpha value is -3.21. The summed E-state index contributed by atoms with van der Waals surface area (Å²) in [6.07, 6.45) is 0. The Morgan fingerprint density at radius 1 is 1.15 bits per heavy atom. The highest BCUT2D eigenvalue weighted by atomic mass is 35.5. The number of nitrogens with one attached hydrogen (secondary N) is 2. The van der Waals surface area contributed by atoms with Gasteiger partial charge >= 0.3 is 0 Å². The Morgan fingerprint density at radius 3 is 2.71 bits per heavy atom. The van der Waals surface area contributed by atoms with Gasteiger partial charge in [-0.2, -0.15) is 0 Å². The molecule has 0 atom stereocenters. The quantitative estimate of drug-likeness (QED) is 0.335. The van der Waals surface area contributed by atoms with Crippen LogP contribution in [0.3, 0.4) is 0 Å². The van der Waals surface area contributed by atoms with Crippen molar-refractivity contribution in [1.82, 2.24) is 25.1 Å². The van der Waals surface area contributed by atoms with E-state index >= 15 is 0 Å². The molecule has 0 aliphatic heterocycles. The fourth-order valence-corrected chi connectivity index (χ4v) is 4.63. The Balaban J connectivity index is 1.28. The van der Waals surface area contributed by atoms with Gasteiger partial charge in [-0.1, -0.05) is 53.2 Å². The normalized spacial score (nSPS) is 10.8. The lowest BCUT2D eigenvalue weighted by Crippen LogP contribution is -2.24. The second-order valence-electron chi connectivity index (χ2n) is 7.39. The molecule has 0 spiro atoms. The zero-order valence-corrected chi connectivity index (χ0v) is 20.8. The lowest BCUT2D eigenvalue weighted by atomic mass is 10.1. The van der Waals surface area contributed by atoms with Gasteiger partial charge in [-0.25, -0.2) is 4.98 Å². The van der Waals surface area contributed by atoms with Gasteiger partial charge in [-0.05, 0) is 31.2 Å². The third-order valence-corrected chi connectivity index (χ3v) is 6.87. The molecule has 8 nitrogen and oxygen atoms in total. The number of thiazole rings is 1. The highest BCUT2D eigenvalue weighted by Crippen LogP contribution is 2.26. The molecular formula is C23H21ClN6O2S2. The van der Waals surface area contributed by atoms with E-state index in [1.54, 1.807) is 29.8 Å². The summed E-state index contributed by atoms with van der Waals surface area (Å²) in [6.45, 7) is 2.17. The number of thioether (sulfide) groups is 1. The first-order chi connectivity index (χ1) is 16.4. The van der Waals surface area contributed by atoms with E-state index in [2.05, 4.69) is 25.8 Å². The SMILES string of the molecule is Cc1cccc(C(=O)NCc2nnc(SCC(=O)Nc3nc(-c4ccc(Cl)cc4)cs3)n2C)c1. The van der Waals surface area contributed by atoms with Crippen molar-refractivity contribution < 1.29 is 9.59 Å². The number of halogens is 1. The molecule has 4 aromatic rings. The first-order valence-corrected chi connectivity index (χ1v) is 12.5. The van der Waals surface area contributed by atoms with Crippen molar-refractivity contribution in [3.63, 3.8) is 0 Å². The zero-order chi connectivity index (χ0) is 24.1. The van der Waals surface area contributed by atoms with Crippen molar-refractivity contribution in [2.75, 3.05) is 11.1 Å². The Labute approximate surface area is 209 Å². The number of amides is 2. The van der Waals surface area contributed by atoms with E-state index in [1.165, 1.54) is 23.1 Å². The van der Waals surface area contributed by atoms with E-state index in [4.69, 9.17) is 11.6 Å². The van der Waals surface area contributed by atoms with Gasteiger partial charge in [0.25, 0.3) is 5.91 Å². The third kappa shape index (κ3) is 6.02. The molecule has 0 fully saturated rings. The van der Waals surface area contributed by atoms with Gasteiger partial charge in [0, 0.05) is 28.6 Å².